The van der Waals surface area contributed by atoms with E-state index in [-0.39, 0.29) is 10.8 Å². The summed E-state index contributed by atoms with van der Waals surface area (Å²) in [6.07, 6.45) is 0. The van der Waals surface area contributed by atoms with Crippen LogP contribution in [0.25, 0.3) is 0 Å². The molecule has 0 atom stereocenters. The maximum absolute atomic E-state index is 14.0. The van der Waals surface area contributed by atoms with Crippen LogP contribution in [0.3, 0.4) is 0 Å². The van der Waals surface area contributed by atoms with E-state index in [9.17, 15) is 4.39 Å². The minimum atomic E-state index is -0.437. The molecule has 0 aliphatic carbocycles. The first-order valence-electron chi connectivity index (χ1n) is 6.39. The Morgan fingerprint density at radius 3 is 2.43 bits per heavy atom. The third kappa shape index (κ3) is 4.55. The molecule has 2 rings (SSSR count). The van der Waals surface area contributed by atoms with Crippen LogP contribution in [0.1, 0.15) is 0 Å². The lowest BCUT2D eigenvalue weighted by Gasteiger charge is -2.15. The lowest BCUT2D eigenvalue weighted by molar-refractivity contribution is 0.405. The Hall–Kier alpha value is -1.38. The highest BCUT2D eigenvalue weighted by Gasteiger charge is 2.12. The van der Waals surface area contributed by atoms with Crippen LogP contribution < -0.4 is 20.1 Å². The molecule has 4 nitrogen and oxygen atoms in total. The number of nitrogens with one attached hydrogen (secondary N) is 2. The highest BCUT2D eigenvalue weighted by Crippen LogP contribution is 2.31. The van der Waals surface area contributed by atoms with Gasteiger partial charge in [0.1, 0.15) is 17.3 Å². The van der Waals surface area contributed by atoms with Gasteiger partial charge in [0, 0.05) is 15.0 Å². The minimum absolute atomic E-state index is 0.221. The maximum atomic E-state index is 14.0. The first kappa shape index (κ1) is 18.0. The molecule has 0 aromatic heterocycles. The molecule has 0 fully saturated rings. The van der Waals surface area contributed by atoms with Gasteiger partial charge in [-0.15, -0.1) is 0 Å². The number of methoxy groups -OCH3 is 2. The molecule has 0 spiro atoms. The Bertz CT molecular complexity index is 720. The predicted molar refractivity (Wildman–Crippen MR) is 101 cm³/mol. The molecule has 2 aromatic rings. The second-order valence-electron chi connectivity index (χ2n) is 4.39. The third-order valence-corrected chi connectivity index (χ3v) is 4.19. The molecule has 0 heterocycles. The van der Waals surface area contributed by atoms with Crippen molar-refractivity contribution in [3.8, 4) is 11.5 Å². The Kier molecular flexibility index (Phi) is 6.20. The molecule has 122 valence electrons. The van der Waals surface area contributed by atoms with Gasteiger partial charge < -0.3 is 20.1 Å². The van der Waals surface area contributed by atoms with Gasteiger partial charge in [0.15, 0.2) is 5.11 Å². The van der Waals surface area contributed by atoms with Gasteiger partial charge in [0.2, 0.25) is 0 Å². The molecule has 0 aliphatic heterocycles. The zero-order valence-corrected chi connectivity index (χ0v) is 16.2. The van der Waals surface area contributed by atoms with E-state index in [4.69, 9.17) is 21.7 Å². The Balaban J connectivity index is 2.20. The number of anilines is 2. The van der Waals surface area contributed by atoms with Gasteiger partial charge in [-0.25, -0.2) is 4.39 Å². The van der Waals surface area contributed by atoms with Gasteiger partial charge in [-0.1, -0.05) is 15.9 Å². The Morgan fingerprint density at radius 1 is 1.09 bits per heavy atom. The summed E-state index contributed by atoms with van der Waals surface area (Å²) in [6.45, 7) is 0. The molecular formula is C15H13Br2FN2O2S. The van der Waals surface area contributed by atoms with E-state index < -0.39 is 5.82 Å². The molecule has 0 amide bonds. The van der Waals surface area contributed by atoms with Crippen molar-refractivity contribution < 1.29 is 13.9 Å². The van der Waals surface area contributed by atoms with E-state index in [1.807, 2.05) is 0 Å². The summed E-state index contributed by atoms with van der Waals surface area (Å²) in [5, 5.41) is 6.01. The van der Waals surface area contributed by atoms with Crippen LogP contribution in [-0.2, 0) is 0 Å². The molecule has 0 saturated heterocycles. The van der Waals surface area contributed by atoms with Crippen molar-refractivity contribution in [2.24, 2.45) is 0 Å². The summed E-state index contributed by atoms with van der Waals surface area (Å²) in [4.78, 5) is 0. The zero-order valence-electron chi connectivity index (χ0n) is 12.2. The van der Waals surface area contributed by atoms with Crippen molar-refractivity contribution >= 4 is 60.6 Å². The fourth-order valence-electron chi connectivity index (χ4n) is 1.84. The van der Waals surface area contributed by atoms with Crippen molar-refractivity contribution in [3.05, 3.63) is 45.1 Å². The molecule has 0 radical (unpaired) electrons. The molecule has 0 unspecified atom stereocenters. The molecule has 0 bridgehead atoms. The van der Waals surface area contributed by atoms with Crippen LogP contribution in [0.5, 0.6) is 11.5 Å². The van der Waals surface area contributed by atoms with Crippen molar-refractivity contribution in [3.63, 3.8) is 0 Å². The number of halogens is 3. The second-order valence-corrected chi connectivity index (χ2v) is 6.57. The van der Waals surface area contributed by atoms with Crippen molar-refractivity contribution in [2.45, 2.75) is 0 Å². The summed E-state index contributed by atoms with van der Waals surface area (Å²) in [6, 6.07) is 8.33. The van der Waals surface area contributed by atoms with Gasteiger partial charge >= 0.3 is 0 Å². The van der Waals surface area contributed by atoms with Crippen LogP contribution in [0.2, 0.25) is 0 Å². The number of benzene rings is 2. The topological polar surface area (TPSA) is 42.5 Å². The molecular weight excluding hydrogens is 451 g/mol. The summed E-state index contributed by atoms with van der Waals surface area (Å²) < 4.78 is 25.6. The fraction of sp³-hybridized carbons (Fsp3) is 0.133. The van der Waals surface area contributed by atoms with Gasteiger partial charge in [-0.05, 0) is 52.4 Å². The summed E-state index contributed by atoms with van der Waals surface area (Å²) in [5.74, 6) is 0.797. The first-order chi connectivity index (χ1) is 10.9. The van der Waals surface area contributed by atoms with E-state index in [2.05, 4.69) is 42.5 Å². The summed E-state index contributed by atoms with van der Waals surface area (Å²) in [5.41, 5.74) is 0.852. The number of hydrogen-bond donors (Lipinski definition) is 2. The van der Waals surface area contributed by atoms with Gasteiger partial charge in [-0.2, -0.15) is 0 Å². The normalized spacial score (nSPS) is 10.1. The third-order valence-electron chi connectivity index (χ3n) is 2.90. The first-order valence-corrected chi connectivity index (χ1v) is 8.38. The van der Waals surface area contributed by atoms with Crippen LogP contribution in [-0.4, -0.2) is 19.3 Å². The van der Waals surface area contributed by atoms with E-state index in [1.54, 1.807) is 38.5 Å². The van der Waals surface area contributed by atoms with E-state index in [1.165, 1.54) is 6.07 Å². The average molecular weight is 464 g/mol. The fourth-order valence-corrected chi connectivity index (χ4v) is 3.32. The molecule has 2 aromatic carbocycles. The van der Waals surface area contributed by atoms with E-state index in [0.717, 1.165) is 0 Å². The number of ether oxygens (including phenoxy) is 2. The standard InChI is InChI=1S/C15H13Br2FN2O2S/c1-21-9-3-4-13(22-2)12(7-9)19-15(23)20-14-10(17)5-8(16)6-11(14)18/h3-7H,1-2H3,(H2,19,20,23). The smallest absolute Gasteiger partial charge is 0.175 e. The van der Waals surface area contributed by atoms with Gasteiger partial charge in [0.25, 0.3) is 0 Å². The lowest BCUT2D eigenvalue weighted by atomic mass is 10.2. The molecule has 2 N–H and O–H groups in total. The monoisotopic (exact) mass is 462 g/mol. The predicted octanol–water partition coefficient (Wildman–Crippen LogP) is 5.18. The van der Waals surface area contributed by atoms with Crippen LogP contribution in [0.4, 0.5) is 15.8 Å². The average Bonchev–Trinajstić information content (AvgIpc) is 2.50. The number of rotatable bonds is 4. The highest BCUT2D eigenvalue weighted by atomic mass is 79.9. The Labute approximate surface area is 155 Å². The largest absolute Gasteiger partial charge is 0.497 e. The van der Waals surface area contributed by atoms with Crippen LogP contribution >= 0.6 is 44.1 Å². The zero-order chi connectivity index (χ0) is 17.0. The van der Waals surface area contributed by atoms with Crippen molar-refractivity contribution in [1.82, 2.24) is 0 Å². The van der Waals surface area contributed by atoms with Gasteiger partial charge in [0.05, 0.1) is 25.6 Å². The lowest BCUT2D eigenvalue weighted by Crippen LogP contribution is -2.20. The molecule has 8 heteroatoms. The second kappa shape index (κ2) is 7.94. The number of hydrogen-bond acceptors (Lipinski definition) is 3. The minimum Gasteiger partial charge on any atom is -0.497 e. The SMILES string of the molecule is COc1ccc(OC)c(NC(=S)Nc2c(F)cc(Br)cc2Br)c1. The highest BCUT2D eigenvalue weighted by molar-refractivity contribution is 9.11. The van der Waals surface area contributed by atoms with Crippen molar-refractivity contribution in [1.29, 1.82) is 0 Å². The molecule has 0 saturated carbocycles. The van der Waals surface area contributed by atoms with Crippen LogP contribution in [0, 0.1) is 5.82 Å². The van der Waals surface area contributed by atoms with Crippen LogP contribution in [0.15, 0.2) is 39.3 Å². The molecule has 0 aliphatic rings. The maximum Gasteiger partial charge on any atom is 0.175 e. The van der Waals surface area contributed by atoms with Gasteiger partial charge in [-0.3, -0.25) is 0 Å². The quantitative estimate of drug-likeness (QED) is 0.611. The van der Waals surface area contributed by atoms with E-state index >= 15 is 0 Å². The summed E-state index contributed by atoms with van der Waals surface area (Å²) >= 11 is 11.8. The summed E-state index contributed by atoms with van der Waals surface area (Å²) in [7, 11) is 3.12. The molecule has 23 heavy (non-hydrogen) atoms. The number of thiocarbonyl (C=S) groups is 1. The van der Waals surface area contributed by atoms with E-state index in [0.29, 0.717) is 26.1 Å². The van der Waals surface area contributed by atoms with Crippen molar-refractivity contribution in [2.75, 3.05) is 24.9 Å². The Morgan fingerprint density at radius 2 is 1.83 bits per heavy atom.